The number of fused-ring (bicyclic) bond motifs is 3. The third-order valence-electron chi connectivity index (χ3n) is 6.49. The molecular weight excluding hydrogens is 457 g/mol. The molecule has 2 aromatic rings. The summed E-state index contributed by atoms with van der Waals surface area (Å²) in [6, 6.07) is 1.72. The first kappa shape index (κ1) is 24.8. The van der Waals surface area contributed by atoms with Crippen LogP contribution in [0.3, 0.4) is 0 Å². The predicted molar refractivity (Wildman–Crippen MR) is 114 cm³/mol. The Kier molecular flexibility index (Phi) is 6.54. The monoisotopic (exact) mass is 486 g/mol. The summed E-state index contributed by atoms with van der Waals surface area (Å²) in [6.45, 7) is 16.9. The van der Waals surface area contributed by atoms with Gasteiger partial charge in [0.25, 0.3) is 0 Å². The molecule has 0 fully saturated rings. The Morgan fingerprint density at radius 3 is 2.23 bits per heavy atom. The summed E-state index contributed by atoms with van der Waals surface area (Å²) in [5.41, 5.74) is 0.988. The molecule has 0 saturated heterocycles. The van der Waals surface area contributed by atoms with E-state index in [9.17, 15) is 9.59 Å². The van der Waals surface area contributed by atoms with Crippen LogP contribution in [0.25, 0.3) is 17.0 Å². The second-order valence-corrected chi connectivity index (χ2v) is 9.41. The fourth-order valence-electron chi connectivity index (χ4n) is 3.16. The summed E-state index contributed by atoms with van der Waals surface area (Å²) in [5, 5.41) is 0.764. The molecule has 6 heteroatoms. The molecule has 0 saturated carbocycles. The van der Waals surface area contributed by atoms with E-state index in [0.29, 0.717) is 22.6 Å². The first-order chi connectivity index (χ1) is 13.2. The standard InChI is InChI=1S/C24H29O5.Y/c1-13-10-16-17(28-24(8,9)22(4,5)12-25)11-18-19(20(16)29-23(13,6)7)14(2)15(3)21(26)27-18;/h10-11H,1-9H3;/q-1;. The van der Waals surface area contributed by atoms with Gasteiger partial charge in [-0.15, -0.1) is 0 Å². The zero-order chi connectivity index (χ0) is 21.9. The number of benzene rings is 1. The van der Waals surface area contributed by atoms with Crippen molar-refractivity contribution in [1.29, 1.82) is 0 Å². The van der Waals surface area contributed by atoms with Gasteiger partial charge in [0.05, 0.1) is 16.6 Å². The summed E-state index contributed by atoms with van der Waals surface area (Å²) in [6.07, 6.45) is 4.11. The number of hydrogen-bond acceptors (Lipinski definition) is 5. The smallest absolute Gasteiger partial charge is 0.339 e. The van der Waals surface area contributed by atoms with Gasteiger partial charge >= 0.3 is 5.63 Å². The van der Waals surface area contributed by atoms with Gasteiger partial charge in [0.2, 0.25) is 0 Å². The van der Waals surface area contributed by atoms with Crippen LogP contribution >= 0.6 is 0 Å². The minimum absolute atomic E-state index is 0. The van der Waals surface area contributed by atoms with E-state index >= 15 is 0 Å². The van der Waals surface area contributed by atoms with Gasteiger partial charge in [-0.25, -0.2) is 4.79 Å². The normalized spacial score (nSPS) is 15.6. The molecule has 0 bridgehead atoms. The van der Waals surface area contributed by atoms with E-state index in [1.54, 1.807) is 26.8 Å². The van der Waals surface area contributed by atoms with E-state index in [2.05, 4.69) is 6.29 Å². The molecule has 30 heavy (non-hydrogen) atoms. The molecule has 0 atom stereocenters. The second kappa shape index (κ2) is 7.91. The van der Waals surface area contributed by atoms with Crippen LogP contribution in [0, 0.1) is 19.3 Å². The van der Waals surface area contributed by atoms with E-state index < -0.39 is 16.6 Å². The van der Waals surface area contributed by atoms with Crippen LogP contribution < -0.4 is 15.1 Å². The predicted octanol–water partition coefficient (Wildman–Crippen LogP) is 5.27. The molecule has 0 N–H and O–H groups in total. The maximum absolute atomic E-state index is 12.3. The van der Waals surface area contributed by atoms with Gasteiger partial charge in [0, 0.05) is 44.3 Å². The molecule has 3 rings (SSSR count). The van der Waals surface area contributed by atoms with E-state index in [1.165, 1.54) is 0 Å². The first-order valence-electron chi connectivity index (χ1n) is 9.79. The summed E-state index contributed by atoms with van der Waals surface area (Å²) in [4.78, 5) is 23.8. The number of hydrogen-bond donors (Lipinski definition) is 0. The van der Waals surface area contributed by atoms with Crippen LogP contribution in [-0.2, 0) is 37.5 Å². The van der Waals surface area contributed by atoms with Crippen molar-refractivity contribution in [2.24, 2.45) is 5.41 Å². The Labute approximate surface area is 203 Å². The Morgan fingerprint density at radius 2 is 1.67 bits per heavy atom. The zero-order valence-corrected chi connectivity index (χ0v) is 22.1. The quantitative estimate of drug-likeness (QED) is 0.435. The zero-order valence-electron chi connectivity index (χ0n) is 19.3. The number of rotatable bonds is 4. The molecule has 5 nitrogen and oxygen atoms in total. The van der Waals surface area contributed by atoms with Crippen molar-refractivity contribution in [3.05, 3.63) is 38.7 Å². The molecule has 1 aromatic heterocycles. The van der Waals surface area contributed by atoms with Gasteiger partial charge in [-0.05, 0) is 65.7 Å². The van der Waals surface area contributed by atoms with Crippen LogP contribution in [-0.4, -0.2) is 17.5 Å². The van der Waals surface area contributed by atoms with Crippen molar-refractivity contribution in [1.82, 2.24) is 0 Å². The van der Waals surface area contributed by atoms with E-state index in [4.69, 9.17) is 13.9 Å². The third kappa shape index (κ3) is 3.91. The fourth-order valence-corrected chi connectivity index (χ4v) is 3.16. The van der Waals surface area contributed by atoms with E-state index in [-0.39, 0.29) is 38.3 Å². The molecular formula is C24H29O5Y-. The van der Waals surface area contributed by atoms with Crippen molar-refractivity contribution in [2.75, 3.05) is 0 Å². The molecule has 1 radical (unpaired) electrons. The van der Waals surface area contributed by atoms with Crippen molar-refractivity contribution in [3.8, 4) is 11.5 Å². The summed E-state index contributed by atoms with van der Waals surface area (Å²) >= 11 is 0. The average Bonchev–Trinajstić information content (AvgIpc) is 2.60. The van der Waals surface area contributed by atoms with Crippen LogP contribution in [0.4, 0.5) is 0 Å². The second-order valence-electron chi connectivity index (χ2n) is 9.41. The minimum atomic E-state index is -0.856. The average molecular weight is 486 g/mol. The molecule has 0 aliphatic carbocycles. The maximum Gasteiger partial charge on any atom is 0.339 e. The van der Waals surface area contributed by atoms with E-state index in [1.807, 2.05) is 47.6 Å². The van der Waals surface area contributed by atoms with E-state index in [0.717, 1.165) is 22.1 Å². The minimum Gasteiger partial charge on any atom is -0.541 e. The van der Waals surface area contributed by atoms with Gasteiger partial charge in [-0.3, -0.25) is 6.29 Å². The largest absolute Gasteiger partial charge is 0.541 e. The first-order valence-corrected chi connectivity index (χ1v) is 9.79. The van der Waals surface area contributed by atoms with Crippen LogP contribution in [0.5, 0.6) is 11.5 Å². The van der Waals surface area contributed by atoms with Crippen molar-refractivity contribution < 1.29 is 51.4 Å². The molecule has 159 valence electrons. The van der Waals surface area contributed by atoms with Gasteiger partial charge < -0.3 is 18.7 Å². The van der Waals surface area contributed by atoms with Gasteiger partial charge in [-0.1, -0.05) is 19.3 Å². The molecule has 1 aromatic carbocycles. The van der Waals surface area contributed by atoms with Crippen LogP contribution in [0.15, 0.2) is 20.9 Å². The molecule has 0 spiro atoms. The summed E-state index contributed by atoms with van der Waals surface area (Å²) < 4.78 is 18.3. The molecule has 2 heterocycles. The van der Waals surface area contributed by atoms with Crippen molar-refractivity contribution in [2.45, 2.75) is 73.5 Å². The van der Waals surface area contributed by atoms with Gasteiger partial charge in [-0.2, -0.15) is 0 Å². The number of carbonyl (C=O) groups excluding carboxylic acids is 1. The van der Waals surface area contributed by atoms with Crippen molar-refractivity contribution >= 4 is 23.3 Å². The topological polar surface area (TPSA) is 65.7 Å². The maximum atomic E-state index is 12.3. The molecule has 1 aliphatic rings. The molecule has 0 unspecified atom stereocenters. The van der Waals surface area contributed by atoms with Crippen LogP contribution in [0.2, 0.25) is 0 Å². The van der Waals surface area contributed by atoms with Gasteiger partial charge in [0.15, 0.2) is 0 Å². The summed E-state index contributed by atoms with van der Waals surface area (Å²) in [7, 11) is 0. The summed E-state index contributed by atoms with van der Waals surface area (Å²) in [5.74, 6) is 1.13. The Hall–Kier alpha value is -1.46. The van der Waals surface area contributed by atoms with Crippen molar-refractivity contribution in [3.63, 3.8) is 0 Å². The Bertz CT molecular complexity index is 1100. The van der Waals surface area contributed by atoms with Crippen LogP contribution in [0.1, 0.15) is 65.2 Å². The number of aryl methyl sites for hydroxylation is 1. The Morgan fingerprint density at radius 1 is 1.07 bits per heavy atom. The fraction of sp³-hybridized carbons (Fsp3) is 0.500. The molecule has 1 aliphatic heterocycles. The SMILES string of the molecule is CC1=Cc2c(OC(C)(C)C(C)(C)[C-]=O)cc3oc(=O)c(C)c(C)c3c2OC1(C)C.[Y]. The molecule has 0 amide bonds. The number of ether oxygens (including phenoxy) is 2. The third-order valence-corrected chi connectivity index (χ3v) is 6.49. The Balaban J connectivity index is 0.00000320. The van der Waals surface area contributed by atoms with Gasteiger partial charge in [0.1, 0.15) is 22.7 Å².